The summed E-state index contributed by atoms with van der Waals surface area (Å²) in [5.41, 5.74) is 1.88. The molecule has 0 atom stereocenters. The van der Waals surface area contributed by atoms with Crippen LogP contribution in [0.1, 0.15) is 11.5 Å². The molecule has 3 aromatic heterocycles. The number of aryl methyl sites for hydroxylation is 1. The molecule has 0 saturated heterocycles. The van der Waals surface area contributed by atoms with Gasteiger partial charge in [-0.2, -0.15) is 0 Å². The van der Waals surface area contributed by atoms with Crippen molar-refractivity contribution >= 4 is 17.2 Å². The van der Waals surface area contributed by atoms with Crippen LogP contribution >= 0.6 is 11.6 Å². The smallest absolute Gasteiger partial charge is 0.137 e. The largest absolute Gasteiger partial charge is 0.337 e. The third kappa shape index (κ3) is 2.62. The number of pyridine rings is 1. The van der Waals surface area contributed by atoms with E-state index in [4.69, 9.17) is 11.6 Å². The Balaban J connectivity index is 1.67. The molecule has 0 amide bonds. The maximum absolute atomic E-state index is 5.94. The van der Waals surface area contributed by atoms with Gasteiger partial charge in [-0.05, 0) is 12.1 Å². The van der Waals surface area contributed by atoms with Crippen molar-refractivity contribution in [2.45, 2.75) is 13.1 Å². The van der Waals surface area contributed by atoms with Gasteiger partial charge in [-0.25, -0.2) is 9.97 Å². The van der Waals surface area contributed by atoms with E-state index in [0.29, 0.717) is 11.6 Å². The van der Waals surface area contributed by atoms with Crippen LogP contribution in [0.4, 0.5) is 0 Å². The van der Waals surface area contributed by atoms with Crippen molar-refractivity contribution in [1.29, 1.82) is 0 Å². The summed E-state index contributed by atoms with van der Waals surface area (Å²) in [6.07, 6.45) is 7.56. The maximum Gasteiger partial charge on any atom is 0.137 e. The number of nitrogens with one attached hydrogen (secondary N) is 1. The predicted octanol–water partition coefficient (Wildman–Crippen LogP) is 2.01. The third-order valence-corrected chi connectivity index (χ3v) is 3.20. The molecule has 3 rings (SSSR count). The van der Waals surface area contributed by atoms with Gasteiger partial charge in [0.15, 0.2) is 0 Å². The molecule has 0 fully saturated rings. The Hall–Kier alpha value is -1.85. The number of fused-ring (bicyclic) bond motifs is 1. The van der Waals surface area contributed by atoms with E-state index in [-0.39, 0.29) is 0 Å². The highest BCUT2D eigenvalue weighted by molar-refractivity contribution is 6.30. The van der Waals surface area contributed by atoms with Gasteiger partial charge in [-0.15, -0.1) is 0 Å². The lowest BCUT2D eigenvalue weighted by molar-refractivity contribution is 0.632. The Morgan fingerprint density at radius 2 is 2.16 bits per heavy atom. The molecule has 0 radical (unpaired) electrons. The van der Waals surface area contributed by atoms with Gasteiger partial charge < -0.3 is 14.3 Å². The second-order valence-corrected chi connectivity index (χ2v) is 4.84. The molecule has 19 heavy (non-hydrogen) atoms. The van der Waals surface area contributed by atoms with E-state index >= 15 is 0 Å². The quantitative estimate of drug-likeness (QED) is 0.792. The van der Waals surface area contributed by atoms with Crippen LogP contribution in [0.25, 0.3) is 5.65 Å². The maximum atomic E-state index is 5.94. The van der Waals surface area contributed by atoms with Crippen LogP contribution in [-0.4, -0.2) is 18.9 Å². The van der Waals surface area contributed by atoms with E-state index in [9.17, 15) is 0 Å². The SMILES string of the molecule is Cn1ccnc1CNCc1cn2cc(Cl)ccc2n1. The third-order valence-electron chi connectivity index (χ3n) is 2.98. The van der Waals surface area contributed by atoms with Crippen LogP contribution < -0.4 is 5.32 Å². The van der Waals surface area contributed by atoms with Gasteiger partial charge in [0.25, 0.3) is 0 Å². The molecule has 0 spiro atoms. The number of imidazole rings is 2. The molecule has 6 heteroatoms. The van der Waals surface area contributed by atoms with Crippen molar-refractivity contribution in [3.05, 3.63) is 53.5 Å². The van der Waals surface area contributed by atoms with E-state index in [0.717, 1.165) is 23.7 Å². The molecular weight excluding hydrogens is 262 g/mol. The molecule has 0 saturated carbocycles. The molecule has 3 aromatic rings. The fourth-order valence-corrected chi connectivity index (χ4v) is 2.14. The summed E-state index contributed by atoms with van der Waals surface area (Å²) in [6.45, 7) is 1.42. The zero-order valence-corrected chi connectivity index (χ0v) is 11.3. The molecule has 0 bridgehead atoms. The Morgan fingerprint density at radius 3 is 2.95 bits per heavy atom. The number of aromatic nitrogens is 4. The lowest BCUT2D eigenvalue weighted by Crippen LogP contribution is -2.15. The first kappa shape index (κ1) is 12.2. The molecular formula is C13H14ClN5. The fraction of sp³-hybridized carbons (Fsp3) is 0.231. The van der Waals surface area contributed by atoms with E-state index in [2.05, 4.69) is 15.3 Å². The number of nitrogens with zero attached hydrogens (tertiary/aromatic N) is 4. The highest BCUT2D eigenvalue weighted by Gasteiger charge is 2.03. The van der Waals surface area contributed by atoms with Crippen LogP contribution in [0.3, 0.4) is 0 Å². The normalized spacial score (nSPS) is 11.3. The molecule has 5 nitrogen and oxygen atoms in total. The van der Waals surface area contributed by atoms with Gasteiger partial charge in [-0.3, -0.25) is 0 Å². The van der Waals surface area contributed by atoms with Crippen LogP contribution in [-0.2, 0) is 20.1 Å². The zero-order chi connectivity index (χ0) is 13.2. The average molecular weight is 276 g/mol. The summed E-state index contributed by atoms with van der Waals surface area (Å²) in [5, 5.41) is 4.03. The summed E-state index contributed by atoms with van der Waals surface area (Å²) >= 11 is 5.94. The minimum absolute atomic E-state index is 0.701. The standard InChI is InChI=1S/C13H14ClN5/c1-18-5-4-16-13(18)7-15-6-11-9-19-8-10(14)2-3-12(19)17-11/h2-5,8-9,15H,6-7H2,1H3. The molecule has 1 N–H and O–H groups in total. The average Bonchev–Trinajstić information content (AvgIpc) is 2.95. The highest BCUT2D eigenvalue weighted by atomic mass is 35.5. The van der Waals surface area contributed by atoms with Crippen molar-refractivity contribution in [2.75, 3.05) is 0 Å². The summed E-state index contributed by atoms with van der Waals surface area (Å²) < 4.78 is 3.93. The van der Waals surface area contributed by atoms with Gasteiger partial charge >= 0.3 is 0 Å². The first-order chi connectivity index (χ1) is 9.22. The van der Waals surface area contributed by atoms with E-state index in [1.165, 1.54) is 0 Å². The lowest BCUT2D eigenvalue weighted by atomic mass is 10.4. The van der Waals surface area contributed by atoms with Gasteiger partial charge in [-0.1, -0.05) is 11.6 Å². The number of halogens is 1. The van der Waals surface area contributed by atoms with E-state index < -0.39 is 0 Å². The molecule has 0 unspecified atom stereocenters. The van der Waals surface area contributed by atoms with Gasteiger partial charge in [0.05, 0.1) is 17.3 Å². The van der Waals surface area contributed by atoms with Crippen LogP contribution in [0.2, 0.25) is 5.02 Å². The number of rotatable bonds is 4. The van der Waals surface area contributed by atoms with Crippen LogP contribution in [0.15, 0.2) is 36.9 Å². The fourth-order valence-electron chi connectivity index (χ4n) is 1.97. The minimum Gasteiger partial charge on any atom is -0.337 e. The first-order valence-electron chi connectivity index (χ1n) is 6.02. The summed E-state index contributed by atoms with van der Waals surface area (Å²) in [7, 11) is 1.98. The van der Waals surface area contributed by atoms with E-state index in [1.807, 2.05) is 46.7 Å². The van der Waals surface area contributed by atoms with E-state index in [1.54, 1.807) is 6.20 Å². The van der Waals surface area contributed by atoms with Crippen molar-refractivity contribution < 1.29 is 0 Å². The second-order valence-electron chi connectivity index (χ2n) is 4.40. The Morgan fingerprint density at radius 1 is 1.26 bits per heavy atom. The summed E-state index contributed by atoms with van der Waals surface area (Å²) in [4.78, 5) is 8.77. The van der Waals surface area contributed by atoms with Gasteiger partial charge in [0.2, 0.25) is 0 Å². The lowest BCUT2D eigenvalue weighted by Gasteiger charge is -2.02. The van der Waals surface area contributed by atoms with Crippen molar-refractivity contribution in [3.63, 3.8) is 0 Å². The van der Waals surface area contributed by atoms with Crippen LogP contribution in [0.5, 0.6) is 0 Å². The predicted molar refractivity (Wildman–Crippen MR) is 74.0 cm³/mol. The minimum atomic E-state index is 0.701. The second kappa shape index (κ2) is 5.03. The van der Waals surface area contributed by atoms with Crippen molar-refractivity contribution in [3.8, 4) is 0 Å². The molecule has 98 valence electrons. The molecule has 0 aliphatic heterocycles. The Kier molecular flexibility index (Phi) is 3.23. The van der Waals surface area contributed by atoms with Crippen molar-refractivity contribution in [1.82, 2.24) is 24.3 Å². The zero-order valence-electron chi connectivity index (χ0n) is 10.5. The monoisotopic (exact) mass is 275 g/mol. The number of hydrogen-bond donors (Lipinski definition) is 1. The topological polar surface area (TPSA) is 47.2 Å². The summed E-state index contributed by atoms with van der Waals surface area (Å²) in [6, 6.07) is 3.75. The van der Waals surface area contributed by atoms with Crippen molar-refractivity contribution in [2.24, 2.45) is 7.05 Å². The summed E-state index contributed by atoms with van der Waals surface area (Å²) in [5.74, 6) is 1.01. The van der Waals surface area contributed by atoms with Crippen LogP contribution in [0, 0.1) is 0 Å². The Bertz CT molecular complexity index is 700. The number of hydrogen-bond acceptors (Lipinski definition) is 3. The first-order valence-corrected chi connectivity index (χ1v) is 6.40. The van der Waals surface area contributed by atoms with Gasteiger partial charge in [0.1, 0.15) is 11.5 Å². The molecule has 3 heterocycles. The van der Waals surface area contributed by atoms with Gasteiger partial charge in [0, 0.05) is 38.4 Å². The molecule has 0 aromatic carbocycles. The molecule has 0 aliphatic rings. The Labute approximate surface area is 115 Å². The highest BCUT2D eigenvalue weighted by Crippen LogP contribution is 2.11. The molecule has 0 aliphatic carbocycles.